The Balaban J connectivity index is 1.54. The van der Waals surface area contributed by atoms with Gasteiger partial charge in [0.2, 0.25) is 10.0 Å². The number of carbonyl (C=O) groups excluding carboxylic acids is 1. The van der Waals surface area contributed by atoms with E-state index in [0.29, 0.717) is 36.6 Å². The lowest BCUT2D eigenvalue weighted by molar-refractivity contribution is 0.102. The molecule has 0 bridgehead atoms. The van der Waals surface area contributed by atoms with Crippen molar-refractivity contribution in [1.82, 2.24) is 4.72 Å². The molecule has 0 aromatic heterocycles. The molecule has 0 aliphatic heterocycles. The van der Waals surface area contributed by atoms with Crippen molar-refractivity contribution in [3.63, 3.8) is 0 Å². The summed E-state index contributed by atoms with van der Waals surface area (Å²) < 4.78 is 38.6. The van der Waals surface area contributed by atoms with Crippen LogP contribution in [0.5, 0.6) is 11.5 Å². The summed E-state index contributed by atoms with van der Waals surface area (Å²) in [5, 5.41) is 2.77. The molecule has 2 N–H and O–H groups in total. The molecule has 174 valence electrons. The molecule has 0 saturated heterocycles. The third-order valence-corrected chi connectivity index (χ3v) is 6.46. The molecule has 1 unspecified atom stereocenters. The molecule has 0 aliphatic rings. The standard InChI is InChI=1S/C25H28N2O5S/c1-3-19(2)27-33(29,30)24-14-12-21(13-15-24)26-25(28)20-8-7-11-23(18-20)32-17-16-31-22-9-5-4-6-10-22/h4-15,18-19,27H,3,16-17H2,1-2H3,(H,26,28). The predicted molar refractivity (Wildman–Crippen MR) is 128 cm³/mol. The Labute approximate surface area is 194 Å². The van der Waals surface area contributed by atoms with Crippen molar-refractivity contribution in [2.45, 2.75) is 31.2 Å². The minimum atomic E-state index is -3.59. The fourth-order valence-corrected chi connectivity index (χ4v) is 4.23. The van der Waals surface area contributed by atoms with Gasteiger partial charge < -0.3 is 14.8 Å². The van der Waals surface area contributed by atoms with Crippen molar-refractivity contribution >= 4 is 21.6 Å². The molecule has 7 nitrogen and oxygen atoms in total. The molecule has 0 fully saturated rings. The smallest absolute Gasteiger partial charge is 0.255 e. The number of benzene rings is 3. The van der Waals surface area contributed by atoms with E-state index in [1.807, 2.05) is 37.3 Å². The largest absolute Gasteiger partial charge is 0.490 e. The van der Waals surface area contributed by atoms with E-state index in [2.05, 4.69) is 10.0 Å². The normalized spacial score (nSPS) is 12.1. The van der Waals surface area contributed by atoms with E-state index in [0.717, 1.165) is 5.75 Å². The van der Waals surface area contributed by atoms with Crippen LogP contribution in [0.15, 0.2) is 83.8 Å². The Morgan fingerprint density at radius 1 is 0.879 bits per heavy atom. The lowest BCUT2D eigenvalue weighted by Gasteiger charge is -2.13. The fraction of sp³-hybridized carbons (Fsp3) is 0.240. The third kappa shape index (κ3) is 7.34. The van der Waals surface area contributed by atoms with E-state index in [9.17, 15) is 13.2 Å². The molecule has 0 spiro atoms. The highest BCUT2D eigenvalue weighted by Gasteiger charge is 2.16. The van der Waals surface area contributed by atoms with Gasteiger partial charge in [-0.25, -0.2) is 13.1 Å². The Morgan fingerprint density at radius 3 is 2.18 bits per heavy atom. The Morgan fingerprint density at radius 2 is 1.52 bits per heavy atom. The average Bonchev–Trinajstić information content (AvgIpc) is 2.82. The molecule has 8 heteroatoms. The zero-order chi connectivity index (χ0) is 23.7. The predicted octanol–water partition coefficient (Wildman–Crippen LogP) is 4.47. The maximum absolute atomic E-state index is 12.6. The highest BCUT2D eigenvalue weighted by atomic mass is 32.2. The quantitative estimate of drug-likeness (QED) is 0.405. The summed E-state index contributed by atoms with van der Waals surface area (Å²) in [5.41, 5.74) is 0.914. The van der Waals surface area contributed by atoms with Gasteiger partial charge in [0.15, 0.2) is 0 Å². The number of amides is 1. The van der Waals surface area contributed by atoms with Crippen molar-refractivity contribution in [1.29, 1.82) is 0 Å². The monoisotopic (exact) mass is 468 g/mol. The second-order valence-corrected chi connectivity index (χ2v) is 9.16. The number of nitrogens with one attached hydrogen (secondary N) is 2. The van der Waals surface area contributed by atoms with E-state index in [4.69, 9.17) is 9.47 Å². The second kappa shape index (κ2) is 11.5. The molecule has 3 aromatic carbocycles. The van der Waals surface area contributed by atoms with Crippen LogP contribution < -0.4 is 19.5 Å². The van der Waals surface area contributed by atoms with Crippen LogP contribution >= 0.6 is 0 Å². The van der Waals surface area contributed by atoms with Crippen molar-refractivity contribution in [2.24, 2.45) is 0 Å². The molecule has 33 heavy (non-hydrogen) atoms. The molecule has 1 amide bonds. The number of hydrogen-bond donors (Lipinski definition) is 2. The van der Waals surface area contributed by atoms with Crippen LogP contribution in [0.25, 0.3) is 0 Å². The highest BCUT2D eigenvalue weighted by Crippen LogP contribution is 2.18. The second-order valence-electron chi connectivity index (χ2n) is 7.45. The fourth-order valence-electron chi connectivity index (χ4n) is 2.90. The average molecular weight is 469 g/mol. The first-order valence-electron chi connectivity index (χ1n) is 10.7. The minimum Gasteiger partial charge on any atom is -0.490 e. The first-order chi connectivity index (χ1) is 15.9. The highest BCUT2D eigenvalue weighted by molar-refractivity contribution is 7.89. The van der Waals surface area contributed by atoms with Gasteiger partial charge in [-0.2, -0.15) is 0 Å². The zero-order valence-corrected chi connectivity index (χ0v) is 19.5. The van der Waals surface area contributed by atoms with Crippen LogP contribution in [0.2, 0.25) is 0 Å². The number of carbonyl (C=O) groups is 1. The van der Waals surface area contributed by atoms with Crippen LogP contribution in [0.4, 0.5) is 5.69 Å². The van der Waals surface area contributed by atoms with Crippen LogP contribution in [0, 0.1) is 0 Å². The topological polar surface area (TPSA) is 93.7 Å². The molecule has 0 radical (unpaired) electrons. The van der Waals surface area contributed by atoms with Gasteiger partial charge in [-0.3, -0.25) is 4.79 Å². The number of anilines is 1. The van der Waals surface area contributed by atoms with Crippen molar-refractivity contribution in [3.05, 3.63) is 84.4 Å². The lowest BCUT2D eigenvalue weighted by Crippen LogP contribution is -2.31. The van der Waals surface area contributed by atoms with E-state index >= 15 is 0 Å². The number of sulfonamides is 1. The maximum atomic E-state index is 12.6. The third-order valence-electron chi connectivity index (χ3n) is 4.85. The molecule has 3 rings (SSSR count). The Bertz CT molecular complexity index is 1150. The first-order valence-corrected chi connectivity index (χ1v) is 12.2. The van der Waals surface area contributed by atoms with Crippen molar-refractivity contribution in [3.8, 4) is 11.5 Å². The molecule has 0 saturated carbocycles. The summed E-state index contributed by atoms with van der Waals surface area (Å²) in [7, 11) is -3.59. The van der Waals surface area contributed by atoms with E-state index < -0.39 is 10.0 Å². The SMILES string of the molecule is CCC(C)NS(=O)(=O)c1ccc(NC(=O)c2cccc(OCCOc3ccccc3)c2)cc1. The van der Waals surface area contributed by atoms with Gasteiger partial charge in [0.25, 0.3) is 5.91 Å². The Hall–Kier alpha value is -3.36. The van der Waals surface area contributed by atoms with E-state index in [1.165, 1.54) is 12.1 Å². The van der Waals surface area contributed by atoms with E-state index in [1.54, 1.807) is 43.3 Å². The van der Waals surface area contributed by atoms with Crippen LogP contribution in [-0.2, 0) is 10.0 Å². The molecular formula is C25H28N2O5S. The summed E-state index contributed by atoms with van der Waals surface area (Å²) in [5.74, 6) is 0.995. The summed E-state index contributed by atoms with van der Waals surface area (Å²) >= 11 is 0. The van der Waals surface area contributed by atoms with Gasteiger partial charge in [0, 0.05) is 17.3 Å². The van der Waals surface area contributed by atoms with E-state index in [-0.39, 0.29) is 16.8 Å². The van der Waals surface area contributed by atoms with Gasteiger partial charge in [-0.05, 0) is 67.9 Å². The zero-order valence-electron chi connectivity index (χ0n) is 18.7. The number of para-hydroxylation sites is 1. The molecule has 0 heterocycles. The van der Waals surface area contributed by atoms with Crippen molar-refractivity contribution < 1.29 is 22.7 Å². The number of hydrogen-bond acceptors (Lipinski definition) is 5. The first kappa shape index (κ1) is 24.3. The summed E-state index contributed by atoms with van der Waals surface area (Å²) in [6, 6.07) is 22.2. The van der Waals surface area contributed by atoms with Crippen LogP contribution in [-0.4, -0.2) is 33.6 Å². The van der Waals surface area contributed by atoms with Gasteiger partial charge in [0.1, 0.15) is 24.7 Å². The van der Waals surface area contributed by atoms with Gasteiger partial charge in [-0.15, -0.1) is 0 Å². The number of ether oxygens (including phenoxy) is 2. The molecule has 0 aliphatic carbocycles. The molecular weight excluding hydrogens is 440 g/mol. The van der Waals surface area contributed by atoms with Gasteiger partial charge in [0.05, 0.1) is 4.90 Å². The summed E-state index contributed by atoms with van der Waals surface area (Å²) in [6.45, 7) is 4.42. The molecule has 3 aromatic rings. The summed E-state index contributed by atoms with van der Waals surface area (Å²) in [6.07, 6.45) is 0.691. The summed E-state index contributed by atoms with van der Waals surface area (Å²) in [4.78, 5) is 12.8. The maximum Gasteiger partial charge on any atom is 0.255 e. The van der Waals surface area contributed by atoms with Gasteiger partial charge in [-0.1, -0.05) is 31.2 Å². The van der Waals surface area contributed by atoms with Gasteiger partial charge >= 0.3 is 0 Å². The lowest BCUT2D eigenvalue weighted by atomic mass is 10.2. The molecule has 1 atom stereocenters. The minimum absolute atomic E-state index is 0.147. The van der Waals surface area contributed by atoms with Crippen LogP contribution in [0.3, 0.4) is 0 Å². The van der Waals surface area contributed by atoms with Crippen LogP contribution in [0.1, 0.15) is 30.6 Å². The van der Waals surface area contributed by atoms with Crippen molar-refractivity contribution in [2.75, 3.05) is 18.5 Å². The Kier molecular flexibility index (Phi) is 8.46. The number of rotatable bonds is 11.